The summed E-state index contributed by atoms with van der Waals surface area (Å²) < 4.78 is 1.38. The fourth-order valence-electron chi connectivity index (χ4n) is 2.69. The number of nitrogens with zero attached hydrogens (tertiary/aromatic N) is 5. The summed E-state index contributed by atoms with van der Waals surface area (Å²) in [5.41, 5.74) is 0.214. The van der Waals surface area contributed by atoms with Crippen molar-refractivity contribution in [3.8, 4) is 0 Å². The average Bonchev–Trinajstić information content (AvgIpc) is 3.02. The standard InChI is InChI=1S/C12H12Cl2N6O4S2/c1-19-8(16-17-18-19)6(25)3-2-26-11-4(15-9(21)7(13)14)10(22)20(11)5(3)12(23)24/h4,6-7,11,25H,2H2,1H3,(H,15,21)(H,23,24)/t4-,6?,11?/m1/s1. The van der Waals surface area contributed by atoms with Gasteiger partial charge in [0.15, 0.2) is 10.7 Å². The number of halogens is 2. The van der Waals surface area contributed by atoms with Crippen LogP contribution in [0.4, 0.5) is 0 Å². The molecule has 3 heterocycles. The van der Waals surface area contributed by atoms with Crippen LogP contribution in [0.5, 0.6) is 0 Å². The van der Waals surface area contributed by atoms with Crippen molar-refractivity contribution in [2.75, 3.05) is 5.75 Å². The van der Waals surface area contributed by atoms with Gasteiger partial charge in [-0.15, -0.1) is 16.9 Å². The summed E-state index contributed by atoms with van der Waals surface area (Å²) in [5.74, 6) is -1.92. The molecule has 2 amide bonds. The minimum Gasteiger partial charge on any atom is -0.477 e. The second-order valence-corrected chi connectivity index (χ2v) is 8.16. The molecule has 2 N–H and O–H groups in total. The molecule has 10 nitrogen and oxygen atoms in total. The minimum absolute atomic E-state index is 0.180. The lowest BCUT2D eigenvalue weighted by atomic mass is 10.0. The molecule has 1 aromatic rings. The van der Waals surface area contributed by atoms with E-state index in [-0.39, 0.29) is 11.4 Å². The predicted molar refractivity (Wildman–Crippen MR) is 95.7 cm³/mol. The fourth-order valence-corrected chi connectivity index (χ4v) is 4.76. The second kappa shape index (κ2) is 7.25. The summed E-state index contributed by atoms with van der Waals surface area (Å²) in [4.78, 5) is 35.7. The van der Waals surface area contributed by atoms with Crippen LogP contribution < -0.4 is 5.32 Å². The molecule has 0 spiro atoms. The summed E-state index contributed by atoms with van der Waals surface area (Å²) in [6, 6.07) is -0.890. The van der Waals surface area contributed by atoms with E-state index in [2.05, 4.69) is 33.5 Å². The van der Waals surface area contributed by atoms with E-state index in [1.807, 2.05) is 0 Å². The normalized spacial score (nSPS) is 23.6. The summed E-state index contributed by atoms with van der Waals surface area (Å²) in [5, 5.41) is 21.8. The van der Waals surface area contributed by atoms with Crippen molar-refractivity contribution in [2.24, 2.45) is 7.05 Å². The van der Waals surface area contributed by atoms with Gasteiger partial charge >= 0.3 is 5.97 Å². The molecule has 0 aromatic carbocycles. The van der Waals surface area contributed by atoms with E-state index in [0.29, 0.717) is 11.4 Å². The molecule has 140 valence electrons. The molecule has 2 unspecified atom stereocenters. The van der Waals surface area contributed by atoms with Gasteiger partial charge in [-0.05, 0) is 16.0 Å². The lowest BCUT2D eigenvalue weighted by Crippen LogP contribution is -2.71. The number of fused-ring (bicyclic) bond motifs is 1. The van der Waals surface area contributed by atoms with E-state index in [0.717, 1.165) is 4.90 Å². The number of thiol groups is 1. The van der Waals surface area contributed by atoms with Gasteiger partial charge in [0.2, 0.25) is 0 Å². The number of aliphatic carboxylic acids is 1. The second-order valence-electron chi connectivity index (χ2n) is 5.44. The quantitative estimate of drug-likeness (QED) is 0.325. The number of carbonyl (C=O) groups is 3. The number of tetrazole rings is 1. The van der Waals surface area contributed by atoms with Crippen LogP contribution in [-0.4, -0.2) is 70.0 Å². The Labute approximate surface area is 166 Å². The Morgan fingerprint density at radius 1 is 1.46 bits per heavy atom. The Hall–Kier alpha value is -1.50. The van der Waals surface area contributed by atoms with Gasteiger partial charge in [0.25, 0.3) is 11.8 Å². The Balaban J connectivity index is 1.90. The molecule has 0 saturated carbocycles. The highest BCUT2D eigenvalue weighted by Crippen LogP contribution is 2.44. The van der Waals surface area contributed by atoms with Crippen molar-refractivity contribution in [3.63, 3.8) is 0 Å². The first-order valence-corrected chi connectivity index (χ1v) is 9.57. The van der Waals surface area contributed by atoms with Crippen molar-refractivity contribution in [2.45, 2.75) is 21.5 Å². The number of carboxylic acids is 1. The molecule has 1 aromatic heterocycles. The predicted octanol–water partition coefficient (Wildman–Crippen LogP) is -0.277. The van der Waals surface area contributed by atoms with Crippen LogP contribution in [0.15, 0.2) is 11.3 Å². The van der Waals surface area contributed by atoms with Crippen molar-refractivity contribution < 1.29 is 19.5 Å². The van der Waals surface area contributed by atoms with E-state index < -0.39 is 39.3 Å². The van der Waals surface area contributed by atoms with Gasteiger partial charge in [-0.1, -0.05) is 23.2 Å². The molecule has 2 aliphatic rings. The number of carbonyl (C=O) groups excluding carboxylic acids is 2. The smallest absolute Gasteiger partial charge is 0.352 e. The third-order valence-electron chi connectivity index (χ3n) is 3.92. The molecular formula is C12H12Cl2N6O4S2. The highest BCUT2D eigenvalue weighted by atomic mass is 35.5. The van der Waals surface area contributed by atoms with E-state index in [1.165, 1.54) is 16.4 Å². The number of carboxylic acid groups (broad SMARTS) is 1. The van der Waals surface area contributed by atoms with Gasteiger partial charge in [0.1, 0.15) is 17.1 Å². The number of thioether (sulfide) groups is 1. The summed E-state index contributed by atoms with van der Waals surface area (Å²) in [6.07, 6.45) is 0. The fraction of sp³-hybridized carbons (Fsp3) is 0.500. The Morgan fingerprint density at radius 3 is 2.69 bits per heavy atom. The molecular weight excluding hydrogens is 427 g/mol. The highest BCUT2D eigenvalue weighted by molar-refractivity contribution is 8.00. The van der Waals surface area contributed by atoms with Gasteiger partial charge in [-0.2, -0.15) is 12.6 Å². The zero-order valence-corrected chi connectivity index (χ0v) is 16.3. The molecule has 3 rings (SSSR count). The third kappa shape index (κ3) is 3.15. The van der Waals surface area contributed by atoms with E-state index >= 15 is 0 Å². The first kappa shape index (κ1) is 19.3. The number of rotatable bonds is 5. The molecule has 0 aliphatic carbocycles. The zero-order chi connectivity index (χ0) is 19.2. The van der Waals surface area contributed by atoms with Crippen molar-refractivity contribution in [3.05, 3.63) is 17.1 Å². The van der Waals surface area contributed by atoms with Crippen molar-refractivity contribution >= 4 is 65.4 Å². The van der Waals surface area contributed by atoms with Gasteiger partial charge in [-0.3, -0.25) is 14.5 Å². The summed E-state index contributed by atoms with van der Waals surface area (Å²) >= 11 is 16.7. The third-order valence-corrected chi connectivity index (χ3v) is 6.17. The Kier molecular flexibility index (Phi) is 5.37. The summed E-state index contributed by atoms with van der Waals surface area (Å²) in [6.45, 7) is 0. The van der Waals surface area contributed by atoms with Crippen LogP contribution in [0.1, 0.15) is 11.1 Å². The largest absolute Gasteiger partial charge is 0.477 e. The maximum Gasteiger partial charge on any atom is 0.352 e. The number of hydrogen-bond donors (Lipinski definition) is 3. The number of hydrogen-bond acceptors (Lipinski definition) is 8. The lowest BCUT2D eigenvalue weighted by Gasteiger charge is -2.49. The molecule has 0 bridgehead atoms. The lowest BCUT2D eigenvalue weighted by molar-refractivity contribution is -0.150. The van der Waals surface area contributed by atoms with Crippen molar-refractivity contribution in [1.29, 1.82) is 0 Å². The molecule has 0 radical (unpaired) electrons. The number of amides is 2. The molecule has 26 heavy (non-hydrogen) atoms. The molecule has 1 fully saturated rings. The number of β-lactam (4-membered cyclic amide) rings is 1. The highest BCUT2D eigenvalue weighted by Gasteiger charge is 2.55. The van der Waals surface area contributed by atoms with E-state index in [4.69, 9.17) is 23.2 Å². The zero-order valence-electron chi connectivity index (χ0n) is 13.0. The maximum atomic E-state index is 12.4. The number of aryl methyl sites for hydroxylation is 1. The molecule has 1 saturated heterocycles. The SMILES string of the molecule is Cn1nnnc1C(S)C1=C(C(=O)O)N2C(=O)[C@@H](NC(=O)C(Cl)Cl)C2SC1. The topological polar surface area (TPSA) is 130 Å². The van der Waals surface area contributed by atoms with Crippen LogP contribution >= 0.6 is 47.6 Å². The van der Waals surface area contributed by atoms with Gasteiger partial charge in [0.05, 0.1) is 5.25 Å². The van der Waals surface area contributed by atoms with Gasteiger partial charge in [0, 0.05) is 12.8 Å². The van der Waals surface area contributed by atoms with E-state index in [1.54, 1.807) is 7.05 Å². The first-order valence-electron chi connectivity index (χ1n) is 7.14. The van der Waals surface area contributed by atoms with Crippen molar-refractivity contribution in [1.82, 2.24) is 30.4 Å². The van der Waals surface area contributed by atoms with Crippen LogP contribution in [0.2, 0.25) is 0 Å². The number of alkyl halides is 2. The monoisotopic (exact) mass is 438 g/mol. The molecule has 14 heteroatoms. The first-order chi connectivity index (χ1) is 12.2. The van der Waals surface area contributed by atoms with Gasteiger partial charge in [-0.25, -0.2) is 9.48 Å². The van der Waals surface area contributed by atoms with Crippen LogP contribution in [0, 0.1) is 0 Å². The van der Waals surface area contributed by atoms with Crippen LogP contribution in [0.3, 0.4) is 0 Å². The Morgan fingerprint density at radius 2 is 2.15 bits per heavy atom. The van der Waals surface area contributed by atoms with Crippen LogP contribution in [0.25, 0.3) is 0 Å². The summed E-state index contributed by atoms with van der Waals surface area (Å²) in [7, 11) is 1.60. The van der Waals surface area contributed by atoms with Gasteiger partial charge < -0.3 is 10.4 Å². The number of nitrogens with one attached hydrogen (secondary N) is 1. The molecule has 2 aliphatic heterocycles. The average molecular weight is 439 g/mol. The molecule has 3 atom stereocenters. The Bertz CT molecular complexity index is 815. The van der Waals surface area contributed by atoms with Crippen LogP contribution in [-0.2, 0) is 21.4 Å². The number of aromatic nitrogens is 4. The maximum absolute atomic E-state index is 12.4. The minimum atomic E-state index is -1.32. The van der Waals surface area contributed by atoms with E-state index in [9.17, 15) is 19.5 Å².